The molecule has 18 heavy (non-hydrogen) atoms. The lowest BCUT2D eigenvalue weighted by Gasteiger charge is -2.14. The molecule has 0 spiro atoms. The van der Waals surface area contributed by atoms with Gasteiger partial charge >= 0.3 is 6.18 Å². The summed E-state index contributed by atoms with van der Waals surface area (Å²) in [6, 6.07) is 4.28. The molecule has 0 saturated heterocycles. The van der Waals surface area contributed by atoms with Gasteiger partial charge in [-0.25, -0.2) is 0 Å². The van der Waals surface area contributed by atoms with E-state index < -0.39 is 11.9 Å². The van der Waals surface area contributed by atoms with Crippen molar-refractivity contribution in [1.29, 1.82) is 0 Å². The van der Waals surface area contributed by atoms with E-state index in [1.807, 2.05) is 13.0 Å². The summed E-state index contributed by atoms with van der Waals surface area (Å²) in [6.45, 7) is 1.96. The van der Waals surface area contributed by atoms with Gasteiger partial charge in [-0.15, -0.1) is 0 Å². The van der Waals surface area contributed by atoms with Crippen LogP contribution >= 0.6 is 0 Å². The Bertz CT molecular complexity index is 488. The van der Waals surface area contributed by atoms with Crippen LogP contribution in [0.15, 0.2) is 30.6 Å². The van der Waals surface area contributed by atoms with Crippen molar-refractivity contribution in [3.05, 3.63) is 47.5 Å². The number of halogens is 3. The third-order valence-electron chi connectivity index (χ3n) is 2.79. The molecular formula is C12H12F3N3. The maximum Gasteiger partial charge on any atom is 0.433 e. The molecule has 3 nitrogen and oxygen atoms in total. The summed E-state index contributed by atoms with van der Waals surface area (Å²) in [7, 11) is 0. The first-order valence-electron chi connectivity index (χ1n) is 5.54. The third-order valence-corrected chi connectivity index (χ3v) is 2.79. The van der Waals surface area contributed by atoms with Crippen molar-refractivity contribution >= 4 is 0 Å². The first kappa shape index (κ1) is 12.6. The van der Waals surface area contributed by atoms with Gasteiger partial charge in [0.1, 0.15) is 5.69 Å². The zero-order chi connectivity index (χ0) is 13.2. The van der Waals surface area contributed by atoms with Gasteiger partial charge in [0.15, 0.2) is 0 Å². The van der Waals surface area contributed by atoms with Crippen molar-refractivity contribution in [2.24, 2.45) is 0 Å². The van der Waals surface area contributed by atoms with Crippen molar-refractivity contribution in [3.8, 4) is 0 Å². The molecule has 2 rings (SSSR count). The molecule has 0 aliphatic heterocycles. The molecule has 1 N–H and O–H groups in total. The molecule has 1 unspecified atom stereocenters. The minimum atomic E-state index is -4.39. The molecule has 1 atom stereocenters. The van der Waals surface area contributed by atoms with Crippen LogP contribution in [0.4, 0.5) is 13.2 Å². The topological polar surface area (TPSA) is 41.6 Å². The first-order chi connectivity index (χ1) is 8.52. The van der Waals surface area contributed by atoms with Crippen LogP contribution in [0.3, 0.4) is 0 Å². The Balaban J connectivity index is 2.28. The Hall–Kier alpha value is -1.85. The predicted octanol–water partition coefficient (Wildman–Crippen LogP) is 3.37. The zero-order valence-corrected chi connectivity index (χ0v) is 9.70. The summed E-state index contributed by atoms with van der Waals surface area (Å²) < 4.78 is 37.2. The second-order valence-corrected chi connectivity index (χ2v) is 3.95. The number of pyridine rings is 1. The number of hydrogen-bond donors (Lipinski definition) is 1. The second kappa shape index (κ2) is 4.80. The van der Waals surface area contributed by atoms with Crippen LogP contribution in [0.2, 0.25) is 0 Å². The van der Waals surface area contributed by atoms with Crippen molar-refractivity contribution in [2.75, 3.05) is 0 Å². The minimum Gasteiger partial charge on any atom is -0.282 e. The van der Waals surface area contributed by atoms with E-state index in [4.69, 9.17) is 0 Å². The fourth-order valence-corrected chi connectivity index (χ4v) is 1.88. The van der Waals surface area contributed by atoms with Gasteiger partial charge < -0.3 is 0 Å². The van der Waals surface area contributed by atoms with Gasteiger partial charge in [-0.2, -0.15) is 18.3 Å². The van der Waals surface area contributed by atoms with Crippen LogP contribution < -0.4 is 0 Å². The van der Waals surface area contributed by atoms with Crippen LogP contribution in [0.1, 0.15) is 36.2 Å². The van der Waals surface area contributed by atoms with E-state index in [9.17, 15) is 13.2 Å². The second-order valence-electron chi connectivity index (χ2n) is 3.95. The lowest BCUT2D eigenvalue weighted by molar-refractivity contribution is -0.141. The minimum absolute atomic E-state index is 0.0118. The number of nitrogens with one attached hydrogen (secondary N) is 1. The molecule has 0 aromatic carbocycles. The number of hydrogen-bond acceptors (Lipinski definition) is 2. The Kier molecular flexibility index (Phi) is 3.36. The van der Waals surface area contributed by atoms with Gasteiger partial charge in [-0.3, -0.25) is 10.1 Å². The fraction of sp³-hybridized carbons (Fsp3) is 0.333. The highest BCUT2D eigenvalue weighted by Gasteiger charge is 2.32. The highest BCUT2D eigenvalue weighted by Crippen LogP contribution is 2.30. The van der Waals surface area contributed by atoms with E-state index >= 15 is 0 Å². The molecular weight excluding hydrogens is 243 g/mol. The molecule has 2 aromatic rings. The van der Waals surface area contributed by atoms with Crippen molar-refractivity contribution in [3.63, 3.8) is 0 Å². The standard InChI is InChI=1S/C12H12F3N3/c1-2-9(10-5-6-17-18-10)8-3-4-11(16-7-8)12(13,14)15/h3-7,9H,2H2,1H3,(H,17,18). The lowest BCUT2D eigenvalue weighted by atomic mass is 9.94. The maximum absolute atomic E-state index is 12.4. The Morgan fingerprint density at radius 2 is 2.06 bits per heavy atom. The van der Waals surface area contributed by atoms with Crippen LogP contribution in [-0.4, -0.2) is 15.2 Å². The van der Waals surface area contributed by atoms with Gasteiger partial charge in [0.05, 0.1) is 0 Å². The molecule has 0 fully saturated rings. The van der Waals surface area contributed by atoms with Gasteiger partial charge in [0.2, 0.25) is 0 Å². The van der Waals surface area contributed by atoms with Gasteiger partial charge in [-0.1, -0.05) is 13.0 Å². The first-order valence-corrected chi connectivity index (χ1v) is 5.54. The van der Waals surface area contributed by atoms with Crippen LogP contribution in [0.25, 0.3) is 0 Å². The third kappa shape index (κ3) is 2.52. The van der Waals surface area contributed by atoms with Crippen molar-refractivity contribution in [2.45, 2.75) is 25.4 Å². The van der Waals surface area contributed by atoms with Crippen molar-refractivity contribution in [1.82, 2.24) is 15.2 Å². The molecule has 0 saturated carbocycles. The summed E-state index contributed by atoms with van der Waals surface area (Å²) >= 11 is 0. The zero-order valence-electron chi connectivity index (χ0n) is 9.70. The smallest absolute Gasteiger partial charge is 0.282 e. The molecule has 96 valence electrons. The molecule has 0 bridgehead atoms. The Labute approximate surface area is 102 Å². The van der Waals surface area contributed by atoms with Gasteiger partial charge in [0.25, 0.3) is 0 Å². The number of nitrogens with zero attached hydrogens (tertiary/aromatic N) is 2. The molecule has 0 aliphatic rings. The molecule has 0 aliphatic carbocycles. The van der Waals surface area contributed by atoms with E-state index in [1.165, 1.54) is 12.3 Å². The summed E-state index contributed by atoms with van der Waals surface area (Å²) in [5, 5.41) is 6.68. The molecule has 0 radical (unpaired) electrons. The number of alkyl halides is 3. The normalized spacial score (nSPS) is 13.6. The highest BCUT2D eigenvalue weighted by molar-refractivity contribution is 5.27. The van der Waals surface area contributed by atoms with Gasteiger partial charge in [-0.05, 0) is 24.1 Å². The average molecular weight is 255 g/mol. The van der Waals surface area contributed by atoms with E-state index in [1.54, 1.807) is 6.20 Å². The van der Waals surface area contributed by atoms with Gasteiger partial charge in [0, 0.05) is 24.0 Å². The molecule has 2 heterocycles. The largest absolute Gasteiger partial charge is 0.433 e. The van der Waals surface area contributed by atoms with E-state index in [0.29, 0.717) is 0 Å². The quantitative estimate of drug-likeness (QED) is 0.913. The number of aromatic nitrogens is 3. The average Bonchev–Trinajstić information content (AvgIpc) is 2.83. The Morgan fingerprint density at radius 1 is 1.28 bits per heavy atom. The number of H-pyrrole nitrogens is 1. The number of rotatable bonds is 3. The highest BCUT2D eigenvalue weighted by atomic mass is 19.4. The Morgan fingerprint density at radius 3 is 2.50 bits per heavy atom. The molecule has 0 amide bonds. The summed E-state index contributed by atoms with van der Waals surface area (Å²) in [5.74, 6) is -0.0118. The lowest BCUT2D eigenvalue weighted by Crippen LogP contribution is -2.09. The van der Waals surface area contributed by atoms with Crippen LogP contribution in [0.5, 0.6) is 0 Å². The predicted molar refractivity (Wildman–Crippen MR) is 60.0 cm³/mol. The number of aromatic amines is 1. The SMILES string of the molecule is CCC(c1ccc(C(F)(F)F)nc1)c1ccn[nH]1. The van der Waals surface area contributed by atoms with Crippen molar-refractivity contribution < 1.29 is 13.2 Å². The fourth-order valence-electron chi connectivity index (χ4n) is 1.88. The van der Waals surface area contributed by atoms with E-state index in [0.717, 1.165) is 23.7 Å². The van der Waals surface area contributed by atoms with E-state index in [-0.39, 0.29) is 5.92 Å². The molecule has 6 heteroatoms. The molecule has 2 aromatic heterocycles. The summed E-state index contributed by atoms with van der Waals surface area (Å²) in [5.41, 5.74) is 0.750. The summed E-state index contributed by atoms with van der Waals surface area (Å²) in [6.07, 6.45) is -0.739. The monoisotopic (exact) mass is 255 g/mol. The maximum atomic E-state index is 12.4. The van der Waals surface area contributed by atoms with Crippen LogP contribution in [0, 0.1) is 0 Å². The van der Waals surface area contributed by atoms with Crippen LogP contribution in [-0.2, 0) is 6.18 Å². The summed E-state index contributed by atoms with van der Waals surface area (Å²) in [4.78, 5) is 3.47. The van der Waals surface area contributed by atoms with E-state index in [2.05, 4.69) is 15.2 Å².